The Balaban J connectivity index is 2.05. The molecule has 0 aromatic heterocycles. The summed E-state index contributed by atoms with van der Waals surface area (Å²) in [6, 6.07) is 15.0. The third-order valence-corrected chi connectivity index (χ3v) is 8.51. The van der Waals surface area contributed by atoms with Crippen molar-refractivity contribution in [2.45, 2.75) is 45.2 Å². The number of benzene rings is 3. The van der Waals surface area contributed by atoms with Gasteiger partial charge in [0.15, 0.2) is 0 Å². The van der Waals surface area contributed by atoms with E-state index in [-0.39, 0.29) is 33.1 Å². The summed E-state index contributed by atoms with van der Waals surface area (Å²) in [4.78, 5) is 28.1. The van der Waals surface area contributed by atoms with Crippen molar-refractivity contribution in [3.8, 4) is 0 Å². The molecule has 1 atom stereocenters. The zero-order valence-electron chi connectivity index (χ0n) is 22.7. The molecule has 0 aliphatic rings. The van der Waals surface area contributed by atoms with Crippen LogP contribution in [-0.4, -0.2) is 44.3 Å². The summed E-state index contributed by atoms with van der Waals surface area (Å²) < 4.78 is 42.2. The summed E-state index contributed by atoms with van der Waals surface area (Å²) in [5, 5.41) is 3.10. The van der Waals surface area contributed by atoms with Crippen LogP contribution in [0.4, 0.5) is 10.1 Å². The zero-order chi connectivity index (χ0) is 29.6. The molecule has 0 fully saturated rings. The quantitative estimate of drug-likeness (QED) is 0.297. The molecule has 0 aliphatic heterocycles. The molecular weight excluding hydrogens is 576 g/mol. The molecular formula is C29H32Cl2FN3O4S. The predicted octanol–water partition coefficient (Wildman–Crippen LogP) is 5.83. The van der Waals surface area contributed by atoms with Crippen molar-refractivity contribution in [3.63, 3.8) is 0 Å². The fraction of sp³-hybridized carbons (Fsp3) is 0.310. The minimum absolute atomic E-state index is 0.0155. The van der Waals surface area contributed by atoms with Crippen molar-refractivity contribution in [3.05, 3.63) is 93.7 Å². The Morgan fingerprint density at radius 3 is 2.17 bits per heavy atom. The van der Waals surface area contributed by atoms with E-state index in [2.05, 4.69) is 5.32 Å². The summed E-state index contributed by atoms with van der Waals surface area (Å²) in [6.45, 7) is 6.93. The molecule has 0 heterocycles. The summed E-state index contributed by atoms with van der Waals surface area (Å²) >= 11 is 12.6. The van der Waals surface area contributed by atoms with Crippen molar-refractivity contribution in [2.24, 2.45) is 5.92 Å². The molecule has 3 aromatic carbocycles. The maximum atomic E-state index is 13.9. The van der Waals surface area contributed by atoms with Gasteiger partial charge in [-0.05, 0) is 67.8 Å². The molecule has 0 unspecified atom stereocenters. The average Bonchev–Trinajstić information content (AvgIpc) is 2.91. The fourth-order valence-electron chi connectivity index (χ4n) is 3.85. The summed E-state index contributed by atoms with van der Waals surface area (Å²) in [7, 11) is -4.29. The molecule has 11 heteroatoms. The third kappa shape index (κ3) is 7.96. The second-order valence-electron chi connectivity index (χ2n) is 9.88. The number of anilines is 1. The van der Waals surface area contributed by atoms with Crippen LogP contribution in [0.15, 0.2) is 71.6 Å². The average molecular weight is 609 g/mol. The molecule has 7 nitrogen and oxygen atoms in total. The second kappa shape index (κ2) is 13.5. The second-order valence-corrected chi connectivity index (χ2v) is 12.6. The van der Waals surface area contributed by atoms with Crippen molar-refractivity contribution in [1.82, 2.24) is 10.2 Å². The lowest BCUT2D eigenvalue weighted by atomic mass is 10.1. The Bertz CT molecular complexity index is 1450. The van der Waals surface area contributed by atoms with Crippen LogP contribution in [0.1, 0.15) is 31.9 Å². The van der Waals surface area contributed by atoms with Gasteiger partial charge in [0.05, 0.1) is 15.6 Å². The van der Waals surface area contributed by atoms with Crippen molar-refractivity contribution in [2.75, 3.05) is 17.4 Å². The number of rotatable bonds is 11. The first-order chi connectivity index (χ1) is 18.8. The predicted molar refractivity (Wildman–Crippen MR) is 156 cm³/mol. The van der Waals surface area contributed by atoms with Crippen molar-refractivity contribution < 1.29 is 22.4 Å². The van der Waals surface area contributed by atoms with Crippen LogP contribution >= 0.6 is 23.2 Å². The Hall–Kier alpha value is -3.14. The molecule has 0 saturated heterocycles. The SMILES string of the molecule is Cc1ccc(S(=O)(=O)N(CC(=O)N(Cc2ccc(F)cc2)[C@@H](C)C(=O)NCC(C)C)c2cc(Cl)ccc2Cl)cc1. The number of halogens is 3. The van der Waals surface area contributed by atoms with Gasteiger partial charge in [-0.25, -0.2) is 12.8 Å². The normalized spacial score (nSPS) is 12.2. The topological polar surface area (TPSA) is 86.8 Å². The van der Waals surface area contributed by atoms with E-state index in [1.165, 1.54) is 59.5 Å². The van der Waals surface area contributed by atoms with Crippen molar-refractivity contribution >= 4 is 50.7 Å². The van der Waals surface area contributed by atoms with Gasteiger partial charge in [-0.2, -0.15) is 0 Å². The van der Waals surface area contributed by atoms with E-state index in [4.69, 9.17) is 23.2 Å². The highest BCUT2D eigenvalue weighted by atomic mass is 35.5. The third-order valence-electron chi connectivity index (χ3n) is 6.18. The van der Waals surface area contributed by atoms with Gasteiger partial charge in [0.25, 0.3) is 10.0 Å². The van der Waals surface area contributed by atoms with E-state index in [1.54, 1.807) is 19.1 Å². The molecule has 0 bridgehead atoms. The lowest BCUT2D eigenvalue weighted by Crippen LogP contribution is -2.51. The van der Waals surface area contributed by atoms with E-state index in [1.807, 2.05) is 20.8 Å². The van der Waals surface area contributed by atoms with Crippen molar-refractivity contribution in [1.29, 1.82) is 0 Å². The Morgan fingerprint density at radius 1 is 0.950 bits per heavy atom. The number of amides is 2. The van der Waals surface area contributed by atoms with Gasteiger partial charge in [-0.3, -0.25) is 13.9 Å². The molecule has 0 aliphatic carbocycles. The number of carbonyl (C=O) groups is 2. The lowest BCUT2D eigenvalue weighted by molar-refractivity contribution is -0.139. The van der Waals surface area contributed by atoms with Gasteiger partial charge < -0.3 is 10.2 Å². The van der Waals surface area contributed by atoms with Crippen LogP contribution in [0.3, 0.4) is 0 Å². The lowest BCUT2D eigenvalue weighted by Gasteiger charge is -2.32. The highest BCUT2D eigenvalue weighted by molar-refractivity contribution is 7.92. The summed E-state index contributed by atoms with van der Waals surface area (Å²) in [5.41, 5.74) is 1.43. The van der Waals surface area contributed by atoms with Crippen LogP contribution in [0.5, 0.6) is 0 Å². The van der Waals surface area contributed by atoms with Crippen LogP contribution in [0.25, 0.3) is 0 Å². The van der Waals surface area contributed by atoms with E-state index in [0.717, 1.165) is 9.87 Å². The van der Waals surface area contributed by atoms with E-state index < -0.39 is 40.2 Å². The monoisotopic (exact) mass is 607 g/mol. The zero-order valence-corrected chi connectivity index (χ0v) is 25.0. The highest BCUT2D eigenvalue weighted by Crippen LogP contribution is 2.33. The van der Waals surface area contributed by atoms with Gasteiger partial charge in [-0.1, -0.05) is 66.9 Å². The molecule has 2 amide bonds. The van der Waals surface area contributed by atoms with Gasteiger partial charge in [0.1, 0.15) is 18.4 Å². The Kier molecular flexibility index (Phi) is 10.6. The van der Waals surface area contributed by atoms with Gasteiger partial charge in [0.2, 0.25) is 11.8 Å². The minimum Gasteiger partial charge on any atom is -0.354 e. The first-order valence-electron chi connectivity index (χ1n) is 12.7. The fourth-order valence-corrected chi connectivity index (χ4v) is 5.71. The molecule has 0 saturated carbocycles. The molecule has 0 radical (unpaired) electrons. The Labute approximate surface area is 244 Å². The number of aryl methyl sites for hydroxylation is 1. The maximum absolute atomic E-state index is 13.9. The summed E-state index contributed by atoms with van der Waals surface area (Å²) in [5.74, 6) is -1.34. The minimum atomic E-state index is -4.29. The highest BCUT2D eigenvalue weighted by Gasteiger charge is 2.33. The maximum Gasteiger partial charge on any atom is 0.264 e. The van der Waals surface area contributed by atoms with Crippen LogP contribution in [0.2, 0.25) is 10.0 Å². The van der Waals surface area contributed by atoms with Crippen LogP contribution < -0.4 is 9.62 Å². The van der Waals surface area contributed by atoms with E-state index in [9.17, 15) is 22.4 Å². The van der Waals surface area contributed by atoms with Crippen LogP contribution in [0, 0.1) is 18.7 Å². The van der Waals surface area contributed by atoms with E-state index in [0.29, 0.717) is 12.1 Å². The number of nitrogens with one attached hydrogen (secondary N) is 1. The first-order valence-corrected chi connectivity index (χ1v) is 14.8. The molecule has 214 valence electrons. The smallest absolute Gasteiger partial charge is 0.264 e. The first kappa shape index (κ1) is 31.4. The molecule has 40 heavy (non-hydrogen) atoms. The summed E-state index contributed by atoms with van der Waals surface area (Å²) in [6.07, 6.45) is 0. The largest absolute Gasteiger partial charge is 0.354 e. The van der Waals surface area contributed by atoms with Gasteiger partial charge >= 0.3 is 0 Å². The molecule has 0 spiro atoms. The number of nitrogens with zero attached hydrogens (tertiary/aromatic N) is 2. The standard InChI is InChI=1S/C29H32Cl2FN3O4S/c1-19(2)16-33-29(37)21(4)34(17-22-7-10-24(32)11-8-22)28(36)18-35(27-15-23(30)9-14-26(27)31)40(38,39)25-12-5-20(3)6-13-25/h5-15,19,21H,16-18H2,1-4H3,(H,33,37)/t21-/m0/s1. The van der Waals surface area contributed by atoms with E-state index >= 15 is 0 Å². The number of hydrogen-bond donors (Lipinski definition) is 1. The molecule has 3 aromatic rings. The Morgan fingerprint density at radius 2 is 1.57 bits per heavy atom. The van der Waals surface area contributed by atoms with Crippen LogP contribution in [-0.2, 0) is 26.2 Å². The molecule has 3 rings (SSSR count). The number of hydrogen-bond acceptors (Lipinski definition) is 4. The van der Waals surface area contributed by atoms with Gasteiger partial charge in [0, 0.05) is 18.1 Å². The molecule has 1 N–H and O–H groups in total. The van der Waals surface area contributed by atoms with Gasteiger partial charge in [-0.15, -0.1) is 0 Å². The number of carbonyl (C=O) groups excluding carboxylic acids is 2. The number of sulfonamides is 1.